The lowest BCUT2D eigenvalue weighted by molar-refractivity contribution is 0.111. The van der Waals surface area contributed by atoms with Gasteiger partial charge in [0.1, 0.15) is 22.9 Å². The second kappa shape index (κ2) is 6.89. The fourth-order valence-electron chi connectivity index (χ4n) is 3.21. The Morgan fingerprint density at radius 1 is 1.07 bits per heavy atom. The number of aromatic nitrogens is 2. The van der Waals surface area contributed by atoms with Gasteiger partial charge >= 0.3 is 0 Å². The van der Waals surface area contributed by atoms with E-state index in [9.17, 15) is 4.79 Å². The van der Waals surface area contributed by atoms with E-state index in [1.54, 1.807) is 14.2 Å². The maximum Gasteiger partial charge on any atom is 0.195 e. The summed E-state index contributed by atoms with van der Waals surface area (Å²) >= 11 is 1.51. The number of imidazole rings is 1. The van der Waals surface area contributed by atoms with E-state index in [-0.39, 0.29) is 0 Å². The van der Waals surface area contributed by atoms with Crippen molar-refractivity contribution in [3.63, 3.8) is 0 Å². The molecule has 0 radical (unpaired) electrons. The van der Waals surface area contributed by atoms with Crippen LogP contribution in [0.3, 0.4) is 0 Å². The van der Waals surface area contributed by atoms with Crippen molar-refractivity contribution >= 4 is 22.6 Å². The van der Waals surface area contributed by atoms with E-state index in [1.807, 2.05) is 59.2 Å². The summed E-state index contributed by atoms with van der Waals surface area (Å²) in [4.78, 5) is 17.5. The minimum Gasteiger partial charge on any atom is -0.497 e. The van der Waals surface area contributed by atoms with Gasteiger partial charge in [0.15, 0.2) is 11.2 Å². The molecule has 0 amide bonds. The largest absolute Gasteiger partial charge is 0.497 e. The molecule has 2 heterocycles. The fourth-order valence-corrected chi connectivity index (χ4v) is 4.12. The summed E-state index contributed by atoms with van der Waals surface area (Å²) in [5.74, 6) is 1.58. The lowest BCUT2D eigenvalue weighted by Gasteiger charge is -2.07. The molecule has 0 unspecified atom stereocenters. The summed E-state index contributed by atoms with van der Waals surface area (Å²) in [6, 6.07) is 13.6. The number of rotatable bonds is 5. The Hall–Kier alpha value is -3.12. The Bertz CT molecular complexity index is 1140. The number of fused-ring (bicyclic) bond motifs is 1. The van der Waals surface area contributed by atoms with Gasteiger partial charge in [0.25, 0.3) is 0 Å². The monoisotopic (exact) mass is 378 g/mol. The molecule has 5 nitrogen and oxygen atoms in total. The summed E-state index contributed by atoms with van der Waals surface area (Å²) in [5, 5.41) is 2.01. The average molecular weight is 378 g/mol. The molecule has 4 aromatic rings. The lowest BCUT2D eigenvalue weighted by atomic mass is 10.1. The van der Waals surface area contributed by atoms with E-state index in [0.29, 0.717) is 11.4 Å². The first-order valence-electron chi connectivity index (χ1n) is 8.41. The quantitative estimate of drug-likeness (QED) is 0.465. The molecule has 0 aliphatic rings. The van der Waals surface area contributed by atoms with Crippen molar-refractivity contribution in [2.24, 2.45) is 0 Å². The van der Waals surface area contributed by atoms with Crippen LogP contribution in [0.1, 0.15) is 16.1 Å². The average Bonchev–Trinajstić information content (AvgIpc) is 3.27. The van der Waals surface area contributed by atoms with E-state index in [2.05, 4.69) is 0 Å². The molecule has 2 aromatic heterocycles. The van der Waals surface area contributed by atoms with Gasteiger partial charge < -0.3 is 9.47 Å². The number of aldehydes is 1. The standard InChI is InChI=1S/C21H18N2O3S/c1-13-9-15(7-8-19(13)26-3)20-17(11-24)23-18(12-27-21(23)22-20)14-5-4-6-16(10-14)25-2/h4-12H,1-3H3. The zero-order valence-corrected chi connectivity index (χ0v) is 16.0. The zero-order chi connectivity index (χ0) is 19.0. The second-order valence-electron chi connectivity index (χ2n) is 6.12. The lowest BCUT2D eigenvalue weighted by Crippen LogP contribution is -1.95. The molecule has 2 aromatic carbocycles. The smallest absolute Gasteiger partial charge is 0.195 e. The van der Waals surface area contributed by atoms with Gasteiger partial charge in [-0.15, -0.1) is 11.3 Å². The maximum atomic E-state index is 12.0. The minimum absolute atomic E-state index is 0.536. The molecule has 0 aliphatic heterocycles. The van der Waals surface area contributed by atoms with Crippen molar-refractivity contribution in [3.05, 3.63) is 59.1 Å². The number of carbonyl (C=O) groups is 1. The number of ether oxygens (including phenoxy) is 2. The number of carbonyl (C=O) groups excluding carboxylic acids is 1. The predicted molar refractivity (Wildman–Crippen MR) is 107 cm³/mol. The molecule has 0 saturated carbocycles. The summed E-state index contributed by atoms with van der Waals surface area (Å²) in [5.41, 5.74) is 4.98. The van der Waals surface area contributed by atoms with Gasteiger partial charge in [0.2, 0.25) is 0 Å². The summed E-state index contributed by atoms with van der Waals surface area (Å²) in [6.07, 6.45) is 0.866. The third kappa shape index (κ3) is 2.88. The number of aryl methyl sites for hydroxylation is 1. The van der Waals surface area contributed by atoms with Gasteiger partial charge in [0.05, 0.1) is 19.9 Å². The van der Waals surface area contributed by atoms with Gasteiger partial charge in [-0.3, -0.25) is 9.20 Å². The van der Waals surface area contributed by atoms with Crippen LogP contribution in [0.4, 0.5) is 0 Å². The van der Waals surface area contributed by atoms with E-state index in [1.165, 1.54) is 11.3 Å². The van der Waals surface area contributed by atoms with Gasteiger partial charge in [-0.05, 0) is 42.8 Å². The Morgan fingerprint density at radius 3 is 2.63 bits per heavy atom. The number of hydrogen-bond donors (Lipinski definition) is 0. The molecule has 27 heavy (non-hydrogen) atoms. The highest BCUT2D eigenvalue weighted by Gasteiger charge is 2.19. The summed E-state index contributed by atoms with van der Waals surface area (Å²) < 4.78 is 12.6. The normalized spacial score (nSPS) is 10.9. The number of benzene rings is 2. The zero-order valence-electron chi connectivity index (χ0n) is 15.2. The van der Waals surface area contributed by atoms with Crippen LogP contribution in [0, 0.1) is 6.92 Å². The predicted octanol–water partition coefficient (Wildman–Crippen LogP) is 4.87. The van der Waals surface area contributed by atoms with Crippen LogP contribution in [0.2, 0.25) is 0 Å². The van der Waals surface area contributed by atoms with Gasteiger partial charge in [-0.1, -0.05) is 12.1 Å². The van der Waals surface area contributed by atoms with Crippen molar-refractivity contribution in [1.82, 2.24) is 9.38 Å². The van der Waals surface area contributed by atoms with Crippen molar-refractivity contribution in [2.75, 3.05) is 14.2 Å². The minimum atomic E-state index is 0.536. The SMILES string of the molecule is COc1cccc(-c2csc3nc(-c4ccc(OC)c(C)c4)c(C=O)n23)c1. The first kappa shape index (κ1) is 17.3. The molecule has 0 atom stereocenters. The summed E-state index contributed by atoms with van der Waals surface area (Å²) in [6.45, 7) is 1.98. The van der Waals surface area contributed by atoms with Crippen molar-refractivity contribution < 1.29 is 14.3 Å². The molecule has 6 heteroatoms. The van der Waals surface area contributed by atoms with Gasteiger partial charge in [-0.25, -0.2) is 4.98 Å². The van der Waals surface area contributed by atoms with Crippen LogP contribution >= 0.6 is 11.3 Å². The van der Waals surface area contributed by atoms with E-state index >= 15 is 0 Å². The Kier molecular flexibility index (Phi) is 4.41. The number of methoxy groups -OCH3 is 2. The number of hydrogen-bond acceptors (Lipinski definition) is 5. The van der Waals surface area contributed by atoms with Crippen LogP contribution in [0.15, 0.2) is 47.8 Å². The first-order chi connectivity index (χ1) is 13.2. The van der Waals surface area contributed by atoms with Gasteiger partial charge in [0, 0.05) is 16.5 Å². The van der Waals surface area contributed by atoms with Crippen LogP contribution in [0.5, 0.6) is 11.5 Å². The molecule has 4 rings (SSSR count). The van der Waals surface area contributed by atoms with Crippen molar-refractivity contribution in [1.29, 1.82) is 0 Å². The van der Waals surface area contributed by atoms with Crippen LogP contribution in [-0.2, 0) is 0 Å². The Balaban J connectivity index is 1.91. The highest BCUT2D eigenvalue weighted by atomic mass is 32.1. The first-order valence-corrected chi connectivity index (χ1v) is 9.28. The third-order valence-corrected chi connectivity index (χ3v) is 5.37. The van der Waals surface area contributed by atoms with Crippen LogP contribution < -0.4 is 9.47 Å². The Morgan fingerprint density at radius 2 is 1.93 bits per heavy atom. The molecule has 0 spiro atoms. The molecule has 0 aliphatic carbocycles. The van der Waals surface area contributed by atoms with Crippen molar-refractivity contribution in [3.8, 4) is 34.0 Å². The molecular weight excluding hydrogens is 360 g/mol. The highest BCUT2D eigenvalue weighted by molar-refractivity contribution is 7.15. The van der Waals surface area contributed by atoms with E-state index in [0.717, 1.165) is 45.1 Å². The Labute approximate surface area is 160 Å². The molecule has 136 valence electrons. The molecule has 0 fully saturated rings. The number of thiazole rings is 1. The van der Waals surface area contributed by atoms with Crippen LogP contribution in [-0.4, -0.2) is 29.9 Å². The van der Waals surface area contributed by atoms with E-state index in [4.69, 9.17) is 14.5 Å². The van der Waals surface area contributed by atoms with Gasteiger partial charge in [-0.2, -0.15) is 0 Å². The maximum absolute atomic E-state index is 12.0. The molecule has 0 saturated heterocycles. The number of nitrogens with zero attached hydrogens (tertiary/aromatic N) is 2. The summed E-state index contributed by atoms with van der Waals surface area (Å²) in [7, 11) is 3.28. The second-order valence-corrected chi connectivity index (χ2v) is 6.96. The molecule has 0 bridgehead atoms. The molecular formula is C21H18N2O3S. The molecule has 0 N–H and O–H groups in total. The topological polar surface area (TPSA) is 52.8 Å². The van der Waals surface area contributed by atoms with E-state index < -0.39 is 0 Å². The fraction of sp³-hybridized carbons (Fsp3) is 0.143. The highest BCUT2D eigenvalue weighted by Crippen LogP contribution is 2.34. The third-order valence-electron chi connectivity index (χ3n) is 4.54. The van der Waals surface area contributed by atoms with Crippen LogP contribution in [0.25, 0.3) is 27.5 Å². The van der Waals surface area contributed by atoms with Crippen molar-refractivity contribution in [2.45, 2.75) is 6.92 Å².